The molecule has 28 heavy (non-hydrogen) atoms. The van der Waals surface area contributed by atoms with Crippen LogP contribution in [0.4, 0.5) is 5.69 Å². The summed E-state index contributed by atoms with van der Waals surface area (Å²) in [7, 11) is 0. The highest BCUT2D eigenvalue weighted by Gasteiger charge is 2.23. The van der Waals surface area contributed by atoms with Gasteiger partial charge in [0.1, 0.15) is 0 Å². The molecule has 0 aromatic heterocycles. The van der Waals surface area contributed by atoms with Crippen LogP contribution >= 0.6 is 0 Å². The monoisotopic (exact) mass is 391 g/mol. The van der Waals surface area contributed by atoms with Crippen molar-refractivity contribution in [2.45, 2.75) is 45.1 Å². The topological polar surface area (TPSA) is 128 Å². The molecule has 2 N–H and O–H groups in total. The first-order valence-electron chi connectivity index (χ1n) is 9.34. The van der Waals surface area contributed by atoms with Crippen LogP contribution in [-0.2, 0) is 14.3 Å². The van der Waals surface area contributed by atoms with E-state index in [0.29, 0.717) is 5.92 Å². The van der Waals surface area contributed by atoms with Crippen LogP contribution in [0.3, 0.4) is 0 Å². The third-order valence-corrected chi connectivity index (χ3v) is 4.78. The summed E-state index contributed by atoms with van der Waals surface area (Å²) in [5, 5.41) is 16.0. The lowest BCUT2D eigenvalue weighted by atomic mass is 9.86. The fraction of sp³-hybridized carbons (Fsp3) is 0.526. The molecule has 1 aliphatic rings. The van der Waals surface area contributed by atoms with Crippen LogP contribution in [-0.4, -0.2) is 41.9 Å². The van der Waals surface area contributed by atoms with Gasteiger partial charge in [-0.05, 0) is 30.9 Å². The molecule has 2 atom stereocenters. The Morgan fingerprint density at radius 1 is 1.18 bits per heavy atom. The molecule has 0 radical (unpaired) electrons. The second-order valence-corrected chi connectivity index (χ2v) is 6.91. The Morgan fingerprint density at radius 2 is 1.86 bits per heavy atom. The Morgan fingerprint density at radius 3 is 2.50 bits per heavy atom. The molecule has 0 bridgehead atoms. The van der Waals surface area contributed by atoms with Crippen molar-refractivity contribution in [2.75, 3.05) is 13.2 Å². The van der Waals surface area contributed by atoms with Gasteiger partial charge >= 0.3 is 5.97 Å². The van der Waals surface area contributed by atoms with E-state index in [0.717, 1.165) is 19.3 Å². The summed E-state index contributed by atoms with van der Waals surface area (Å²) < 4.78 is 4.93. The fourth-order valence-electron chi connectivity index (χ4n) is 3.11. The van der Waals surface area contributed by atoms with Crippen LogP contribution in [0.15, 0.2) is 24.3 Å². The molecule has 0 saturated heterocycles. The maximum absolute atomic E-state index is 11.9. The largest absolute Gasteiger partial charge is 0.456 e. The van der Waals surface area contributed by atoms with Gasteiger partial charge in [-0.3, -0.25) is 24.5 Å². The van der Waals surface area contributed by atoms with E-state index in [4.69, 9.17) is 4.74 Å². The molecule has 9 nitrogen and oxygen atoms in total. The van der Waals surface area contributed by atoms with E-state index >= 15 is 0 Å². The summed E-state index contributed by atoms with van der Waals surface area (Å²) in [6.07, 6.45) is 4.21. The van der Waals surface area contributed by atoms with E-state index in [2.05, 4.69) is 17.6 Å². The van der Waals surface area contributed by atoms with Crippen molar-refractivity contribution in [3.63, 3.8) is 0 Å². The van der Waals surface area contributed by atoms with Crippen molar-refractivity contribution in [1.82, 2.24) is 10.6 Å². The zero-order valence-electron chi connectivity index (χ0n) is 15.8. The quantitative estimate of drug-likeness (QED) is 0.396. The molecule has 0 unspecified atom stereocenters. The molecular formula is C19H25N3O6. The van der Waals surface area contributed by atoms with Gasteiger partial charge in [-0.15, -0.1) is 0 Å². The van der Waals surface area contributed by atoms with Crippen molar-refractivity contribution in [3.8, 4) is 0 Å². The Labute approximate surface area is 163 Å². The molecule has 0 aliphatic heterocycles. The number of esters is 1. The average molecular weight is 391 g/mol. The molecule has 152 valence electrons. The normalized spacial score (nSPS) is 18.8. The summed E-state index contributed by atoms with van der Waals surface area (Å²) in [5.74, 6) is -0.937. The Bertz CT molecular complexity index is 719. The van der Waals surface area contributed by atoms with E-state index in [1.54, 1.807) is 0 Å². The molecule has 0 heterocycles. The van der Waals surface area contributed by atoms with Gasteiger partial charge < -0.3 is 15.4 Å². The summed E-state index contributed by atoms with van der Waals surface area (Å²) in [6.45, 7) is 1.80. The Hall–Kier alpha value is -2.97. The fourth-order valence-corrected chi connectivity index (χ4v) is 3.11. The highest BCUT2D eigenvalue weighted by atomic mass is 16.6. The molecule has 2 rings (SSSR count). The van der Waals surface area contributed by atoms with Gasteiger partial charge in [-0.2, -0.15) is 0 Å². The standard InChI is InChI=1S/C19H25N3O6/c1-13-4-2-3-5-16(13)21-17(23)12-28-18(24)10-11-20-19(25)14-6-8-15(9-7-14)22(26)27/h6-9,13,16H,2-5,10-12H2,1H3,(H,20,25)(H,21,23)/t13-,16-/m1/s1. The number of hydrogen-bond donors (Lipinski definition) is 2. The summed E-state index contributed by atoms with van der Waals surface area (Å²) in [5.41, 5.74) is 0.140. The van der Waals surface area contributed by atoms with Crippen molar-refractivity contribution >= 4 is 23.5 Å². The van der Waals surface area contributed by atoms with Crippen LogP contribution in [0.2, 0.25) is 0 Å². The van der Waals surface area contributed by atoms with E-state index in [-0.39, 0.29) is 42.8 Å². The van der Waals surface area contributed by atoms with Gasteiger partial charge in [0, 0.05) is 30.3 Å². The number of nitro groups is 1. The number of nitrogens with zero attached hydrogens (tertiary/aromatic N) is 1. The number of hydrogen-bond acceptors (Lipinski definition) is 6. The number of nitrogens with one attached hydrogen (secondary N) is 2. The predicted octanol–water partition coefficient (Wildman–Crippen LogP) is 1.95. The molecule has 1 aliphatic carbocycles. The first-order valence-corrected chi connectivity index (χ1v) is 9.34. The van der Waals surface area contributed by atoms with Crippen molar-refractivity contribution in [1.29, 1.82) is 0 Å². The van der Waals surface area contributed by atoms with E-state index in [1.807, 2.05) is 0 Å². The minimum atomic E-state index is -0.587. The summed E-state index contributed by atoms with van der Waals surface area (Å²) in [6, 6.07) is 5.26. The number of non-ortho nitro benzene ring substituents is 1. The zero-order valence-corrected chi connectivity index (χ0v) is 15.8. The Balaban J connectivity index is 1.64. The number of nitro benzene ring substituents is 1. The molecule has 1 saturated carbocycles. The van der Waals surface area contributed by atoms with Gasteiger partial charge in [0.2, 0.25) is 0 Å². The second-order valence-electron chi connectivity index (χ2n) is 6.91. The Kier molecular flexibility index (Phi) is 7.91. The highest BCUT2D eigenvalue weighted by molar-refractivity contribution is 5.94. The molecule has 9 heteroatoms. The number of benzene rings is 1. The van der Waals surface area contributed by atoms with Crippen LogP contribution < -0.4 is 10.6 Å². The third kappa shape index (κ3) is 6.64. The number of rotatable bonds is 8. The smallest absolute Gasteiger partial charge is 0.308 e. The van der Waals surface area contributed by atoms with Gasteiger partial charge in [-0.25, -0.2) is 0 Å². The number of ether oxygens (including phenoxy) is 1. The average Bonchev–Trinajstić information content (AvgIpc) is 2.68. The first kappa shape index (κ1) is 21.3. The maximum Gasteiger partial charge on any atom is 0.308 e. The van der Waals surface area contributed by atoms with Crippen molar-refractivity contribution < 1.29 is 24.0 Å². The highest BCUT2D eigenvalue weighted by Crippen LogP contribution is 2.23. The van der Waals surface area contributed by atoms with Crippen molar-refractivity contribution in [2.24, 2.45) is 5.92 Å². The molecular weight excluding hydrogens is 366 g/mol. The van der Waals surface area contributed by atoms with Gasteiger partial charge in [-0.1, -0.05) is 19.8 Å². The molecule has 2 amide bonds. The van der Waals surface area contributed by atoms with Gasteiger partial charge in [0.05, 0.1) is 11.3 Å². The van der Waals surface area contributed by atoms with Crippen LogP contribution in [0, 0.1) is 16.0 Å². The van der Waals surface area contributed by atoms with Crippen LogP contribution in [0.5, 0.6) is 0 Å². The third-order valence-electron chi connectivity index (χ3n) is 4.78. The van der Waals surface area contributed by atoms with Crippen LogP contribution in [0.1, 0.15) is 49.4 Å². The molecule has 0 spiro atoms. The zero-order chi connectivity index (χ0) is 20.5. The number of carbonyl (C=O) groups excluding carboxylic acids is 3. The number of amides is 2. The molecule has 1 aromatic rings. The van der Waals surface area contributed by atoms with E-state index < -0.39 is 16.8 Å². The lowest BCUT2D eigenvalue weighted by Crippen LogP contribution is -2.43. The van der Waals surface area contributed by atoms with Crippen molar-refractivity contribution in [3.05, 3.63) is 39.9 Å². The lowest BCUT2D eigenvalue weighted by molar-refractivity contribution is -0.384. The van der Waals surface area contributed by atoms with Gasteiger partial charge in [0.15, 0.2) is 6.61 Å². The number of carbonyl (C=O) groups is 3. The van der Waals surface area contributed by atoms with E-state index in [9.17, 15) is 24.5 Å². The first-order chi connectivity index (χ1) is 13.4. The maximum atomic E-state index is 11.9. The molecule has 1 aromatic carbocycles. The predicted molar refractivity (Wildman–Crippen MR) is 101 cm³/mol. The lowest BCUT2D eigenvalue weighted by Gasteiger charge is -2.29. The summed E-state index contributed by atoms with van der Waals surface area (Å²) in [4.78, 5) is 45.6. The second kappa shape index (κ2) is 10.4. The van der Waals surface area contributed by atoms with E-state index in [1.165, 1.54) is 30.7 Å². The minimum absolute atomic E-state index is 0.0376. The van der Waals surface area contributed by atoms with Crippen LogP contribution in [0.25, 0.3) is 0 Å². The van der Waals surface area contributed by atoms with Gasteiger partial charge in [0.25, 0.3) is 17.5 Å². The minimum Gasteiger partial charge on any atom is -0.456 e. The SMILES string of the molecule is C[C@@H]1CCCC[C@H]1NC(=O)COC(=O)CCNC(=O)c1ccc([N+](=O)[O-])cc1. The molecule has 1 fully saturated rings. The summed E-state index contributed by atoms with van der Waals surface area (Å²) >= 11 is 0.